The van der Waals surface area contributed by atoms with Crippen LogP contribution in [0.5, 0.6) is 0 Å². The molecule has 0 aliphatic carbocycles. The fourth-order valence-electron chi connectivity index (χ4n) is 1.37. The second kappa shape index (κ2) is 6.12. The zero-order valence-electron chi connectivity index (χ0n) is 10.6. The van der Waals surface area contributed by atoms with E-state index < -0.39 is 29.0 Å². The molecule has 1 aromatic rings. The van der Waals surface area contributed by atoms with E-state index in [1.807, 2.05) is 0 Å². The number of carbonyl (C=O) groups is 2. The number of nitrogens with two attached hydrogens (primary N) is 1. The third-order valence-corrected chi connectivity index (χ3v) is 2.19. The van der Waals surface area contributed by atoms with Gasteiger partial charge in [0.25, 0.3) is 5.91 Å². The number of benzene rings is 1. The van der Waals surface area contributed by atoms with Gasteiger partial charge in [-0.2, -0.15) is 0 Å². The topological polar surface area (TPSA) is 84.2 Å². The molecule has 0 atom stereocenters. The molecule has 4 N–H and O–H groups in total. The summed E-state index contributed by atoms with van der Waals surface area (Å²) in [4.78, 5) is 22.9. The summed E-state index contributed by atoms with van der Waals surface area (Å²) >= 11 is 0. The molecule has 0 radical (unpaired) electrons. The first kappa shape index (κ1) is 14.9. The zero-order valence-corrected chi connectivity index (χ0v) is 10.6. The fraction of sp³-hybridized carbons (Fsp3) is 0.333. The van der Waals surface area contributed by atoms with Crippen molar-refractivity contribution >= 4 is 17.5 Å². The van der Waals surface area contributed by atoms with Crippen LogP contribution in [-0.2, 0) is 4.79 Å². The lowest BCUT2D eigenvalue weighted by Crippen LogP contribution is -2.40. The van der Waals surface area contributed by atoms with Crippen LogP contribution in [0, 0.1) is 11.6 Å². The molecule has 0 aliphatic heterocycles. The minimum atomic E-state index is -1.03. The highest BCUT2D eigenvalue weighted by molar-refractivity contribution is 5.97. The molecular weight excluding hydrogens is 256 g/mol. The van der Waals surface area contributed by atoms with Gasteiger partial charge < -0.3 is 16.4 Å². The van der Waals surface area contributed by atoms with Crippen LogP contribution < -0.4 is 16.4 Å². The van der Waals surface area contributed by atoms with Gasteiger partial charge in [0.1, 0.15) is 11.6 Å². The number of hydrogen-bond donors (Lipinski definition) is 3. The molecule has 0 bridgehead atoms. The molecule has 104 valence electrons. The van der Waals surface area contributed by atoms with Gasteiger partial charge in [0.2, 0.25) is 5.91 Å². The number of carbonyl (C=O) groups excluding carboxylic acids is 2. The van der Waals surface area contributed by atoms with E-state index in [2.05, 4.69) is 10.6 Å². The van der Waals surface area contributed by atoms with Gasteiger partial charge in [-0.25, -0.2) is 8.78 Å². The molecule has 7 heteroatoms. The Morgan fingerprint density at radius 2 is 1.89 bits per heavy atom. The minimum Gasteiger partial charge on any atom is -0.396 e. The van der Waals surface area contributed by atoms with E-state index in [1.165, 1.54) is 0 Å². The van der Waals surface area contributed by atoms with Gasteiger partial charge in [-0.3, -0.25) is 9.59 Å². The van der Waals surface area contributed by atoms with Gasteiger partial charge in [-0.15, -0.1) is 0 Å². The van der Waals surface area contributed by atoms with Crippen LogP contribution in [0.2, 0.25) is 0 Å². The highest BCUT2D eigenvalue weighted by Crippen LogP contribution is 2.16. The van der Waals surface area contributed by atoms with Gasteiger partial charge in [0.15, 0.2) is 0 Å². The molecule has 2 amide bonds. The Morgan fingerprint density at radius 3 is 2.47 bits per heavy atom. The summed E-state index contributed by atoms with van der Waals surface area (Å²) in [7, 11) is 0. The Kier molecular flexibility index (Phi) is 4.80. The summed E-state index contributed by atoms with van der Waals surface area (Å²) in [6.45, 7) is 3.23. The molecule has 0 spiro atoms. The average Bonchev–Trinajstić information content (AvgIpc) is 2.30. The minimum absolute atomic E-state index is 0.0670. The molecule has 0 unspecified atom stereocenters. The smallest absolute Gasteiger partial charge is 0.254 e. The third-order valence-electron chi connectivity index (χ3n) is 2.19. The predicted octanol–water partition coefficient (Wildman–Crippen LogP) is 0.801. The maximum Gasteiger partial charge on any atom is 0.254 e. The Hall–Kier alpha value is -2.18. The van der Waals surface area contributed by atoms with Gasteiger partial charge in [-0.05, 0) is 19.9 Å². The monoisotopic (exact) mass is 271 g/mol. The maximum atomic E-state index is 13.4. The van der Waals surface area contributed by atoms with Crippen molar-refractivity contribution in [2.75, 3.05) is 12.3 Å². The summed E-state index contributed by atoms with van der Waals surface area (Å²) < 4.78 is 26.3. The SMILES string of the molecule is CC(C)NC(=O)CNC(=O)c1cc(N)c(F)cc1F. The van der Waals surface area contributed by atoms with Crippen LogP contribution in [0.15, 0.2) is 12.1 Å². The first-order valence-electron chi connectivity index (χ1n) is 5.63. The van der Waals surface area contributed by atoms with Crippen molar-refractivity contribution in [1.82, 2.24) is 10.6 Å². The molecule has 0 fully saturated rings. The van der Waals surface area contributed by atoms with Crippen molar-refractivity contribution in [3.63, 3.8) is 0 Å². The molecule has 0 heterocycles. The molecule has 0 aliphatic rings. The number of hydrogen-bond acceptors (Lipinski definition) is 3. The molecular formula is C12H15F2N3O2. The zero-order chi connectivity index (χ0) is 14.6. The van der Waals surface area contributed by atoms with Crippen molar-refractivity contribution in [2.45, 2.75) is 19.9 Å². The van der Waals surface area contributed by atoms with E-state index in [-0.39, 0.29) is 18.3 Å². The molecule has 0 saturated heterocycles. The van der Waals surface area contributed by atoms with Crippen molar-refractivity contribution in [2.24, 2.45) is 0 Å². The number of anilines is 1. The van der Waals surface area contributed by atoms with E-state index >= 15 is 0 Å². The lowest BCUT2D eigenvalue weighted by Gasteiger charge is -2.10. The van der Waals surface area contributed by atoms with Crippen molar-refractivity contribution in [3.8, 4) is 0 Å². The molecule has 19 heavy (non-hydrogen) atoms. The Morgan fingerprint density at radius 1 is 1.26 bits per heavy atom. The van der Waals surface area contributed by atoms with Crippen molar-refractivity contribution < 1.29 is 18.4 Å². The third kappa shape index (κ3) is 4.20. The number of rotatable bonds is 4. The molecule has 5 nitrogen and oxygen atoms in total. The second-order valence-electron chi connectivity index (χ2n) is 4.26. The predicted molar refractivity (Wildman–Crippen MR) is 66.4 cm³/mol. The number of halogens is 2. The van der Waals surface area contributed by atoms with Crippen LogP contribution in [-0.4, -0.2) is 24.4 Å². The second-order valence-corrected chi connectivity index (χ2v) is 4.26. The van der Waals surface area contributed by atoms with Crippen LogP contribution in [0.1, 0.15) is 24.2 Å². The summed E-state index contributed by atoms with van der Waals surface area (Å²) in [5.74, 6) is -3.21. The summed E-state index contributed by atoms with van der Waals surface area (Å²) in [6, 6.07) is 1.35. The Labute approximate surface area is 109 Å². The highest BCUT2D eigenvalue weighted by Gasteiger charge is 2.15. The number of nitrogen functional groups attached to an aromatic ring is 1. The molecule has 1 aromatic carbocycles. The molecule has 1 rings (SSSR count). The van der Waals surface area contributed by atoms with E-state index in [0.717, 1.165) is 6.07 Å². The number of nitrogens with one attached hydrogen (secondary N) is 2. The van der Waals surface area contributed by atoms with E-state index in [9.17, 15) is 18.4 Å². The summed E-state index contributed by atoms with van der Waals surface area (Å²) in [5.41, 5.74) is 4.51. The van der Waals surface area contributed by atoms with E-state index in [1.54, 1.807) is 13.8 Å². The summed E-state index contributed by atoms with van der Waals surface area (Å²) in [6.07, 6.45) is 0. The average molecular weight is 271 g/mol. The fourth-order valence-corrected chi connectivity index (χ4v) is 1.37. The lowest BCUT2D eigenvalue weighted by molar-refractivity contribution is -0.120. The normalized spacial score (nSPS) is 10.4. The summed E-state index contributed by atoms with van der Waals surface area (Å²) in [5, 5.41) is 4.78. The standard InChI is InChI=1S/C12H15F2N3O2/c1-6(2)17-11(18)5-16-12(19)7-3-10(15)9(14)4-8(7)13/h3-4,6H,5,15H2,1-2H3,(H,16,19)(H,17,18). The lowest BCUT2D eigenvalue weighted by atomic mass is 10.1. The quantitative estimate of drug-likeness (QED) is 0.708. The Balaban J connectivity index is 2.69. The van der Waals surface area contributed by atoms with Crippen LogP contribution >= 0.6 is 0 Å². The van der Waals surface area contributed by atoms with Crippen LogP contribution in [0.3, 0.4) is 0 Å². The maximum absolute atomic E-state index is 13.4. The van der Waals surface area contributed by atoms with Gasteiger partial charge in [0.05, 0.1) is 17.8 Å². The largest absolute Gasteiger partial charge is 0.396 e. The van der Waals surface area contributed by atoms with Crippen molar-refractivity contribution in [3.05, 3.63) is 29.3 Å². The molecule has 0 aromatic heterocycles. The van der Waals surface area contributed by atoms with E-state index in [0.29, 0.717) is 6.07 Å². The molecule has 0 saturated carbocycles. The van der Waals surface area contributed by atoms with Gasteiger partial charge in [-0.1, -0.05) is 0 Å². The van der Waals surface area contributed by atoms with Gasteiger partial charge >= 0.3 is 0 Å². The van der Waals surface area contributed by atoms with Crippen molar-refractivity contribution in [1.29, 1.82) is 0 Å². The highest BCUT2D eigenvalue weighted by atomic mass is 19.1. The Bertz CT molecular complexity index is 504. The first-order chi connectivity index (χ1) is 8.81. The van der Waals surface area contributed by atoms with Crippen LogP contribution in [0.4, 0.5) is 14.5 Å². The number of amides is 2. The van der Waals surface area contributed by atoms with E-state index in [4.69, 9.17) is 5.73 Å². The van der Waals surface area contributed by atoms with Gasteiger partial charge in [0, 0.05) is 12.1 Å². The van der Waals surface area contributed by atoms with Crippen LogP contribution in [0.25, 0.3) is 0 Å². The first-order valence-corrected chi connectivity index (χ1v) is 5.63.